The number of benzene rings is 1. The van der Waals surface area contributed by atoms with Crippen molar-refractivity contribution in [3.8, 4) is 0 Å². The molecule has 2 rings (SSSR count). The van der Waals surface area contributed by atoms with Crippen molar-refractivity contribution in [2.45, 2.75) is 6.92 Å². The van der Waals surface area contributed by atoms with Crippen molar-refractivity contribution in [3.63, 3.8) is 0 Å². The lowest BCUT2D eigenvalue weighted by atomic mass is 10.2. The van der Waals surface area contributed by atoms with Gasteiger partial charge in [-0.15, -0.1) is 11.3 Å². The van der Waals surface area contributed by atoms with Crippen LogP contribution in [0.1, 0.15) is 20.1 Å². The fourth-order valence-electron chi connectivity index (χ4n) is 1.57. The molecule has 0 radical (unpaired) electrons. The van der Waals surface area contributed by atoms with E-state index >= 15 is 0 Å². The molecule has 6 heteroatoms. The highest BCUT2D eigenvalue weighted by molar-refractivity contribution is 9.10. The number of hydrogen-bond donors (Lipinski definition) is 2. The van der Waals surface area contributed by atoms with E-state index in [-0.39, 0.29) is 11.8 Å². The molecule has 0 spiro atoms. The molecule has 0 atom stereocenters. The number of aryl methyl sites for hydroxylation is 1. The molecule has 1 aromatic heterocycles. The lowest BCUT2D eigenvalue weighted by Crippen LogP contribution is -2.40. The van der Waals surface area contributed by atoms with Crippen LogP contribution in [-0.4, -0.2) is 11.8 Å². The molecule has 0 saturated carbocycles. The number of rotatable bonds is 3. The van der Waals surface area contributed by atoms with Gasteiger partial charge in [0.05, 0.1) is 5.56 Å². The molecule has 21 heavy (non-hydrogen) atoms. The van der Waals surface area contributed by atoms with Crippen LogP contribution in [0.5, 0.6) is 0 Å². The SMILES string of the molecule is Cc1ccc(/C=C/C(=O)NNC(=O)c2ccccc2Br)s1. The molecular formula is C15H13BrN2O2S. The first kappa shape index (κ1) is 15.5. The Kier molecular flexibility index (Phi) is 5.30. The third-order valence-electron chi connectivity index (χ3n) is 2.58. The molecule has 0 aliphatic heterocycles. The highest BCUT2D eigenvalue weighted by Crippen LogP contribution is 2.16. The summed E-state index contributed by atoms with van der Waals surface area (Å²) in [5, 5.41) is 0. The zero-order chi connectivity index (χ0) is 15.2. The van der Waals surface area contributed by atoms with Gasteiger partial charge in [0.1, 0.15) is 0 Å². The molecule has 0 aliphatic rings. The van der Waals surface area contributed by atoms with Crippen LogP contribution in [0.15, 0.2) is 46.9 Å². The van der Waals surface area contributed by atoms with Crippen molar-refractivity contribution >= 4 is 45.2 Å². The van der Waals surface area contributed by atoms with Gasteiger partial charge >= 0.3 is 0 Å². The minimum absolute atomic E-state index is 0.379. The zero-order valence-electron chi connectivity index (χ0n) is 11.2. The summed E-state index contributed by atoms with van der Waals surface area (Å²) in [6.07, 6.45) is 3.09. The molecule has 2 aromatic rings. The van der Waals surface area contributed by atoms with Crippen molar-refractivity contribution in [1.29, 1.82) is 0 Å². The monoisotopic (exact) mass is 364 g/mol. The minimum atomic E-state index is -0.388. The minimum Gasteiger partial charge on any atom is -0.268 e. The molecule has 2 N–H and O–H groups in total. The first-order chi connectivity index (χ1) is 10.1. The van der Waals surface area contributed by atoms with Gasteiger partial charge in [0.15, 0.2) is 0 Å². The van der Waals surface area contributed by atoms with Crippen molar-refractivity contribution in [2.24, 2.45) is 0 Å². The van der Waals surface area contributed by atoms with Gasteiger partial charge in [-0.1, -0.05) is 12.1 Å². The van der Waals surface area contributed by atoms with E-state index in [0.717, 1.165) is 4.88 Å². The molecule has 0 unspecified atom stereocenters. The normalized spacial score (nSPS) is 10.6. The second-order valence-electron chi connectivity index (χ2n) is 4.20. The van der Waals surface area contributed by atoms with Gasteiger partial charge in [-0.25, -0.2) is 0 Å². The van der Waals surface area contributed by atoms with E-state index in [1.54, 1.807) is 35.6 Å². The Morgan fingerprint density at radius 3 is 2.57 bits per heavy atom. The molecule has 0 fully saturated rings. The third-order valence-corrected chi connectivity index (χ3v) is 4.24. The number of nitrogens with one attached hydrogen (secondary N) is 2. The number of carbonyl (C=O) groups is 2. The first-order valence-electron chi connectivity index (χ1n) is 6.15. The Morgan fingerprint density at radius 2 is 1.90 bits per heavy atom. The van der Waals surface area contributed by atoms with Crippen molar-refractivity contribution < 1.29 is 9.59 Å². The second-order valence-corrected chi connectivity index (χ2v) is 6.38. The first-order valence-corrected chi connectivity index (χ1v) is 7.76. The van der Waals surface area contributed by atoms with Gasteiger partial charge in [-0.05, 0) is 53.2 Å². The summed E-state index contributed by atoms with van der Waals surface area (Å²) in [6, 6.07) is 10.9. The summed E-state index contributed by atoms with van der Waals surface area (Å²) < 4.78 is 0.668. The molecule has 0 bridgehead atoms. The third kappa shape index (κ3) is 4.54. The lowest BCUT2D eigenvalue weighted by Gasteiger charge is -2.06. The van der Waals surface area contributed by atoms with E-state index in [1.165, 1.54) is 11.0 Å². The maximum atomic E-state index is 11.9. The van der Waals surface area contributed by atoms with E-state index in [9.17, 15) is 9.59 Å². The lowest BCUT2D eigenvalue weighted by molar-refractivity contribution is -0.117. The summed E-state index contributed by atoms with van der Waals surface area (Å²) in [6.45, 7) is 2.00. The van der Waals surface area contributed by atoms with Crippen LogP contribution in [-0.2, 0) is 4.79 Å². The smallest absolute Gasteiger partial charge is 0.268 e. The fraction of sp³-hybridized carbons (Fsp3) is 0.0667. The van der Waals surface area contributed by atoms with Gasteiger partial charge < -0.3 is 0 Å². The van der Waals surface area contributed by atoms with Gasteiger partial charge in [0.25, 0.3) is 11.8 Å². The molecule has 4 nitrogen and oxygen atoms in total. The van der Waals surface area contributed by atoms with E-state index in [4.69, 9.17) is 0 Å². The van der Waals surface area contributed by atoms with Gasteiger partial charge in [-0.2, -0.15) is 0 Å². The Bertz CT molecular complexity index is 694. The number of thiophene rings is 1. The van der Waals surface area contributed by atoms with Gasteiger partial charge in [-0.3, -0.25) is 20.4 Å². The average Bonchev–Trinajstić information content (AvgIpc) is 2.89. The summed E-state index contributed by atoms with van der Waals surface area (Å²) in [7, 11) is 0. The molecule has 108 valence electrons. The van der Waals surface area contributed by atoms with Crippen LogP contribution in [0, 0.1) is 6.92 Å². The zero-order valence-corrected chi connectivity index (χ0v) is 13.6. The van der Waals surface area contributed by atoms with E-state index < -0.39 is 0 Å². The molecule has 0 aliphatic carbocycles. The second kappa shape index (κ2) is 7.19. The number of hydrazine groups is 1. The predicted octanol–water partition coefficient (Wildman–Crippen LogP) is 3.29. The average molecular weight is 365 g/mol. The quantitative estimate of drug-likeness (QED) is 0.648. The summed E-state index contributed by atoms with van der Waals surface area (Å²) in [5.74, 6) is -0.766. The maximum absolute atomic E-state index is 11.9. The van der Waals surface area contributed by atoms with Crippen LogP contribution in [0.2, 0.25) is 0 Å². The van der Waals surface area contributed by atoms with Crippen LogP contribution >= 0.6 is 27.3 Å². The Labute approximate surface area is 135 Å². The fourth-order valence-corrected chi connectivity index (χ4v) is 2.82. The van der Waals surface area contributed by atoms with Crippen molar-refractivity contribution in [3.05, 3.63) is 62.3 Å². The summed E-state index contributed by atoms with van der Waals surface area (Å²) in [5.41, 5.74) is 5.16. The number of amides is 2. The van der Waals surface area contributed by atoms with Gasteiger partial charge in [0, 0.05) is 20.3 Å². The Balaban J connectivity index is 1.88. The Hall–Kier alpha value is -1.92. The van der Waals surface area contributed by atoms with Gasteiger partial charge in [0.2, 0.25) is 0 Å². The predicted molar refractivity (Wildman–Crippen MR) is 87.8 cm³/mol. The van der Waals surface area contributed by atoms with E-state index in [2.05, 4.69) is 26.8 Å². The van der Waals surface area contributed by atoms with Crippen molar-refractivity contribution in [1.82, 2.24) is 10.9 Å². The summed E-state index contributed by atoms with van der Waals surface area (Å²) >= 11 is 4.87. The largest absolute Gasteiger partial charge is 0.270 e. The Morgan fingerprint density at radius 1 is 1.14 bits per heavy atom. The van der Waals surface area contributed by atoms with Crippen LogP contribution in [0.4, 0.5) is 0 Å². The topological polar surface area (TPSA) is 58.2 Å². The van der Waals surface area contributed by atoms with E-state index in [1.807, 2.05) is 25.1 Å². The summed E-state index contributed by atoms with van der Waals surface area (Å²) in [4.78, 5) is 25.7. The van der Waals surface area contributed by atoms with Crippen LogP contribution < -0.4 is 10.9 Å². The molecule has 1 aromatic carbocycles. The number of hydrogen-bond acceptors (Lipinski definition) is 3. The molecule has 2 amide bonds. The molecular weight excluding hydrogens is 352 g/mol. The highest BCUT2D eigenvalue weighted by atomic mass is 79.9. The standard InChI is InChI=1S/C15H13BrN2O2S/c1-10-6-7-11(21-10)8-9-14(19)17-18-15(20)12-4-2-3-5-13(12)16/h2-9H,1H3,(H,17,19)(H,18,20)/b9-8+. The van der Waals surface area contributed by atoms with Crippen LogP contribution in [0.25, 0.3) is 6.08 Å². The molecule has 1 heterocycles. The number of halogens is 1. The van der Waals surface area contributed by atoms with E-state index in [0.29, 0.717) is 10.0 Å². The number of carbonyl (C=O) groups excluding carboxylic acids is 2. The van der Waals surface area contributed by atoms with Crippen molar-refractivity contribution in [2.75, 3.05) is 0 Å². The van der Waals surface area contributed by atoms with Crippen LogP contribution in [0.3, 0.4) is 0 Å². The molecule has 0 saturated heterocycles. The maximum Gasteiger partial charge on any atom is 0.270 e. The highest BCUT2D eigenvalue weighted by Gasteiger charge is 2.09.